The highest BCUT2D eigenvalue weighted by molar-refractivity contribution is 7.98. The molecule has 2 aromatic rings. The number of aliphatic imine (C=N–C) groups is 1. The van der Waals surface area contributed by atoms with Crippen LogP contribution in [0.2, 0.25) is 5.02 Å². The van der Waals surface area contributed by atoms with Crippen LogP contribution in [0.5, 0.6) is 5.75 Å². The van der Waals surface area contributed by atoms with Crippen LogP contribution in [-0.2, 0) is 13.0 Å². The van der Waals surface area contributed by atoms with Crippen LogP contribution in [0.15, 0.2) is 28.3 Å². The molecule has 1 aromatic heterocycles. The molecule has 24 heavy (non-hydrogen) atoms. The number of benzene rings is 1. The number of halogens is 1. The number of aromatic nitrogens is 3. The maximum absolute atomic E-state index is 9.75. The quantitative estimate of drug-likeness (QED) is 0.434. The minimum absolute atomic E-state index is 0.185. The van der Waals surface area contributed by atoms with E-state index < -0.39 is 0 Å². The zero-order valence-corrected chi connectivity index (χ0v) is 15.8. The molecule has 130 valence electrons. The number of hydrogen-bond acceptors (Lipinski definition) is 5. The van der Waals surface area contributed by atoms with Gasteiger partial charge in [0.15, 0.2) is 5.16 Å². The van der Waals surface area contributed by atoms with Crippen molar-refractivity contribution >= 4 is 29.6 Å². The molecule has 5 nitrogen and oxygen atoms in total. The summed E-state index contributed by atoms with van der Waals surface area (Å²) >= 11 is 7.54. The molecule has 0 spiro atoms. The van der Waals surface area contributed by atoms with Crippen molar-refractivity contribution in [3.8, 4) is 5.75 Å². The zero-order chi connectivity index (χ0) is 17.5. The molecule has 1 aromatic carbocycles. The highest BCUT2D eigenvalue weighted by Crippen LogP contribution is 2.20. The lowest BCUT2D eigenvalue weighted by molar-refractivity contribution is 0.474. The maximum Gasteiger partial charge on any atom is 0.190 e. The van der Waals surface area contributed by atoms with Gasteiger partial charge in [0.05, 0.1) is 0 Å². The normalized spacial score (nSPS) is 11.7. The van der Waals surface area contributed by atoms with Gasteiger partial charge >= 0.3 is 0 Å². The number of aryl methyl sites for hydroxylation is 1. The standard InChI is InChI=1S/C17H23ClN4OS/c1-12(2)11-22-16(20-21-17(22)24-3)5-4-8-19-10-13-9-14(18)6-7-15(13)23/h6-7,9-10,12,23H,4-5,8,11H2,1-3H3. The molecule has 0 aliphatic rings. The van der Waals surface area contributed by atoms with Crippen LogP contribution in [0.4, 0.5) is 0 Å². The van der Waals surface area contributed by atoms with E-state index in [0.29, 0.717) is 23.0 Å². The third-order valence-electron chi connectivity index (χ3n) is 3.43. The monoisotopic (exact) mass is 366 g/mol. The van der Waals surface area contributed by atoms with E-state index in [9.17, 15) is 5.11 Å². The molecule has 0 aliphatic carbocycles. The van der Waals surface area contributed by atoms with Gasteiger partial charge in [-0.05, 0) is 36.8 Å². The summed E-state index contributed by atoms with van der Waals surface area (Å²) in [5.74, 6) is 1.74. The maximum atomic E-state index is 9.75. The van der Waals surface area contributed by atoms with Crippen molar-refractivity contribution in [2.75, 3.05) is 12.8 Å². The Bertz CT molecular complexity index is 700. The number of phenolic OH excluding ortho intramolecular Hbond substituents is 1. The molecule has 0 atom stereocenters. The smallest absolute Gasteiger partial charge is 0.190 e. The van der Waals surface area contributed by atoms with Gasteiger partial charge in [-0.2, -0.15) is 0 Å². The van der Waals surface area contributed by atoms with Crippen LogP contribution in [0.3, 0.4) is 0 Å². The van der Waals surface area contributed by atoms with Crippen molar-refractivity contribution in [1.29, 1.82) is 0 Å². The first-order chi connectivity index (χ1) is 11.5. The first-order valence-electron chi connectivity index (χ1n) is 7.95. The number of aromatic hydroxyl groups is 1. The van der Waals surface area contributed by atoms with E-state index in [1.807, 2.05) is 6.26 Å². The number of thioether (sulfide) groups is 1. The van der Waals surface area contributed by atoms with Crippen molar-refractivity contribution in [2.45, 2.75) is 38.4 Å². The van der Waals surface area contributed by atoms with E-state index in [2.05, 4.69) is 33.6 Å². The Morgan fingerprint density at radius 2 is 2.17 bits per heavy atom. The van der Waals surface area contributed by atoms with E-state index in [-0.39, 0.29) is 5.75 Å². The van der Waals surface area contributed by atoms with Gasteiger partial charge in [-0.1, -0.05) is 37.2 Å². The largest absolute Gasteiger partial charge is 0.507 e. The van der Waals surface area contributed by atoms with Gasteiger partial charge in [-0.15, -0.1) is 10.2 Å². The molecule has 1 heterocycles. The summed E-state index contributed by atoms with van der Waals surface area (Å²) in [5.41, 5.74) is 0.634. The van der Waals surface area contributed by atoms with Gasteiger partial charge in [0, 0.05) is 36.3 Å². The number of hydrogen-bond donors (Lipinski definition) is 1. The fourth-order valence-electron chi connectivity index (χ4n) is 2.32. The van der Waals surface area contributed by atoms with Crippen molar-refractivity contribution in [3.63, 3.8) is 0 Å². The van der Waals surface area contributed by atoms with Crippen LogP contribution in [0.1, 0.15) is 31.7 Å². The first-order valence-corrected chi connectivity index (χ1v) is 9.56. The third-order valence-corrected chi connectivity index (χ3v) is 4.33. The van der Waals surface area contributed by atoms with Crippen LogP contribution < -0.4 is 0 Å². The highest BCUT2D eigenvalue weighted by atomic mass is 35.5. The lowest BCUT2D eigenvalue weighted by Gasteiger charge is -2.11. The van der Waals surface area contributed by atoms with E-state index in [4.69, 9.17) is 11.6 Å². The van der Waals surface area contributed by atoms with E-state index in [0.717, 1.165) is 30.4 Å². The number of phenols is 1. The van der Waals surface area contributed by atoms with E-state index in [1.165, 1.54) is 0 Å². The summed E-state index contributed by atoms with van der Waals surface area (Å²) in [6.07, 6.45) is 5.39. The molecule has 0 fully saturated rings. The summed E-state index contributed by atoms with van der Waals surface area (Å²) in [5, 5.41) is 19.8. The van der Waals surface area contributed by atoms with Crippen LogP contribution in [-0.4, -0.2) is 38.9 Å². The van der Waals surface area contributed by atoms with Crippen molar-refractivity contribution in [1.82, 2.24) is 14.8 Å². The molecular weight excluding hydrogens is 344 g/mol. The Balaban J connectivity index is 1.91. The predicted octanol–water partition coefficient (Wildman–Crippen LogP) is 4.07. The average molecular weight is 367 g/mol. The van der Waals surface area contributed by atoms with Crippen molar-refractivity contribution < 1.29 is 5.11 Å². The second kappa shape index (κ2) is 9.08. The van der Waals surface area contributed by atoms with Crippen LogP contribution in [0.25, 0.3) is 0 Å². The second-order valence-electron chi connectivity index (χ2n) is 5.95. The minimum Gasteiger partial charge on any atom is -0.507 e. The van der Waals surface area contributed by atoms with Gasteiger partial charge in [0.2, 0.25) is 0 Å². The van der Waals surface area contributed by atoms with Gasteiger partial charge in [0.25, 0.3) is 0 Å². The molecule has 2 rings (SSSR count). The lowest BCUT2D eigenvalue weighted by atomic mass is 10.2. The SMILES string of the molecule is CSc1nnc(CCCN=Cc2cc(Cl)ccc2O)n1CC(C)C. The highest BCUT2D eigenvalue weighted by Gasteiger charge is 2.12. The average Bonchev–Trinajstić information content (AvgIpc) is 2.91. The molecule has 0 bridgehead atoms. The number of nitrogens with zero attached hydrogens (tertiary/aromatic N) is 4. The van der Waals surface area contributed by atoms with Crippen molar-refractivity contribution in [3.05, 3.63) is 34.6 Å². The molecule has 7 heteroatoms. The lowest BCUT2D eigenvalue weighted by Crippen LogP contribution is -2.10. The van der Waals surface area contributed by atoms with Gasteiger partial charge in [0.1, 0.15) is 11.6 Å². The van der Waals surface area contributed by atoms with Gasteiger partial charge < -0.3 is 9.67 Å². The first kappa shape index (κ1) is 18.8. The predicted molar refractivity (Wildman–Crippen MR) is 101 cm³/mol. The Labute approximate surface area is 152 Å². The van der Waals surface area contributed by atoms with Crippen LogP contribution >= 0.6 is 23.4 Å². The zero-order valence-electron chi connectivity index (χ0n) is 14.2. The topological polar surface area (TPSA) is 63.3 Å². The summed E-state index contributed by atoms with van der Waals surface area (Å²) < 4.78 is 2.20. The second-order valence-corrected chi connectivity index (χ2v) is 7.16. The Morgan fingerprint density at radius 1 is 1.38 bits per heavy atom. The summed E-state index contributed by atoms with van der Waals surface area (Å²) in [7, 11) is 0. The third kappa shape index (κ3) is 5.24. The Hall–Kier alpha value is -1.53. The summed E-state index contributed by atoms with van der Waals surface area (Å²) in [6, 6.07) is 4.92. The van der Waals surface area contributed by atoms with Gasteiger partial charge in [-0.25, -0.2) is 0 Å². The van der Waals surface area contributed by atoms with Crippen molar-refractivity contribution in [2.24, 2.45) is 10.9 Å². The molecule has 1 N–H and O–H groups in total. The fraction of sp³-hybridized carbons (Fsp3) is 0.471. The molecule has 0 aliphatic heterocycles. The fourth-order valence-corrected chi connectivity index (χ4v) is 3.03. The minimum atomic E-state index is 0.185. The Morgan fingerprint density at radius 3 is 2.88 bits per heavy atom. The molecular formula is C17H23ClN4OS. The van der Waals surface area contributed by atoms with E-state index >= 15 is 0 Å². The summed E-state index contributed by atoms with van der Waals surface area (Å²) in [6.45, 7) is 5.97. The molecule has 0 amide bonds. The van der Waals surface area contributed by atoms with E-state index in [1.54, 1.807) is 36.2 Å². The summed E-state index contributed by atoms with van der Waals surface area (Å²) in [4.78, 5) is 4.37. The van der Waals surface area contributed by atoms with Gasteiger partial charge in [-0.3, -0.25) is 4.99 Å². The number of rotatable bonds is 8. The molecule has 0 unspecified atom stereocenters. The Kier molecular flexibility index (Phi) is 7.12. The van der Waals surface area contributed by atoms with Crippen LogP contribution in [0, 0.1) is 5.92 Å². The molecule has 0 saturated heterocycles. The molecule has 0 saturated carbocycles. The molecule has 0 radical (unpaired) electrons.